The number of nitrogens with one attached hydrogen (secondary N) is 1. The predicted octanol–water partition coefficient (Wildman–Crippen LogP) is 4.92. The average molecular weight is 361 g/mol. The molecule has 4 rings (SSSR count). The molecule has 3 aromatic carbocycles. The number of halogens is 1. The molecule has 4 nitrogen and oxygen atoms in total. The first kappa shape index (κ1) is 16.8. The molecule has 0 fully saturated rings. The van der Waals surface area contributed by atoms with Gasteiger partial charge in [0.05, 0.1) is 5.69 Å². The summed E-state index contributed by atoms with van der Waals surface area (Å²) in [7, 11) is 0. The summed E-state index contributed by atoms with van der Waals surface area (Å²) in [6, 6.07) is 20.2. The van der Waals surface area contributed by atoms with Gasteiger partial charge in [-0.25, -0.2) is 9.18 Å². The molecule has 0 amide bonds. The SMILES string of the molecule is O=c1cc(CNc2ccccc2F)c2cc(O)c(-c3ccccc3)cc2o1. The second-order valence-electron chi connectivity index (χ2n) is 6.16. The van der Waals surface area contributed by atoms with Crippen molar-refractivity contribution in [1.82, 2.24) is 0 Å². The van der Waals surface area contributed by atoms with Crippen molar-refractivity contribution in [2.75, 3.05) is 5.32 Å². The van der Waals surface area contributed by atoms with Crippen molar-refractivity contribution in [2.24, 2.45) is 0 Å². The summed E-state index contributed by atoms with van der Waals surface area (Å²) in [5, 5.41) is 14.1. The maximum atomic E-state index is 13.8. The van der Waals surface area contributed by atoms with Crippen molar-refractivity contribution in [3.05, 3.63) is 94.6 Å². The average Bonchev–Trinajstić information content (AvgIpc) is 2.68. The fourth-order valence-electron chi connectivity index (χ4n) is 3.05. The summed E-state index contributed by atoms with van der Waals surface area (Å²) >= 11 is 0. The molecule has 27 heavy (non-hydrogen) atoms. The molecule has 2 N–H and O–H groups in total. The number of hydrogen-bond acceptors (Lipinski definition) is 4. The first-order valence-electron chi connectivity index (χ1n) is 8.45. The van der Waals surface area contributed by atoms with E-state index < -0.39 is 5.63 Å². The molecule has 0 radical (unpaired) electrons. The molecule has 0 spiro atoms. The third-order valence-corrected chi connectivity index (χ3v) is 4.37. The van der Waals surface area contributed by atoms with Gasteiger partial charge in [0.1, 0.15) is 17.1 Å². The van der Waals surface area contributed by atoms with Crippen molar-refractivity contribution < 1.29 is 13.9 Å². The summed E-state index contributed by atoms with van der Waals surface area (Å²) in [4.78, 5) is 12.0. The van der Waals surface area contributed by atoms with Crippen LogP contribution in [0.5, 0.6) is 5.75 Å². The van der Waals surface area contributed by atoms with Gasteiger partial charge in [-0.1, -0.05) is 42.5 Å². The zero-order valence-electron chi connectivity index (χ0n) is 14.3. The molecule has 0 saturated heterocycles. The Morgan fingerprint density at radius 1 is 0.963 bits per heavy atom. The molecular weight excluding hydrogens is 345 g/mol. The van der Waals surface area contributed by atoms with Crippen LogP contribution in [0.2, 0.25) is 0 Å². The van der Waals surface area contributed by atoms with Gasteiger partial charge >= 0.3 is 5.63 Å². The molecule has 0 unspecified atom stereocenters. The second kappa shape index (κ2) is 6.96. The topological polar surface area (TPSA) is 62.5 Å². The Balaban J connectivity index is 1.77. The number of phenolic OH excluding ortho intramolecular Hbond substituents is 1. The van der Waals surface area contributed by atoms with E-state index in [4.69, 9.17) is 4.42 Å². The van der Waals surface area contributed by atoms with Gasteiger partial charge < -0.3 is 14.8 Å². The first-order valence-corrected chi connectivity index (χ1v) is 8.45. The van der Waals surface area contributed by atoms with Crippen LogP contribution in [0.25, 0.3) is 22.1 Å². The van der Waals surface area contributed by atoms with E-state index in [1.807, 2.05) is 30.3 Å². The molecular formula is C22H16FNO3. The van der Waals surface area contributed by atoms with Crippen LogP contribution in [0.1, 0.15) is 5.56 Å². The number of aromatic hydroxyl groups is 1. The molecule has 0 atom stereocenters. The minimum atomic E-state index is -0.502. The van der Waals surface area contributed by atoms with E-state index in [2.05, 4.69) is 5.32 Å². The Morgan fingerprint density at radius 3 is 2.48 bits per heavy atom. The Bertz CT molecular complexity index is 1170. The van der Waals surface area contributed by atoms with Gasteiger partial charge in [-0.15, -0.1) is 0 Å². The van der Waals surface area contributed by atoms with E-state index in [1.165, 1.54) is 12.1 Å². The highest BCUT2D eigenvalue weighted by molar-refractivity contribution is 5.89. The van der Waals surface area contributed by atoms with Crippen LogP contribution in [-0.2, 0) is 6.54 Å². The minimum absolute atomic E-state index is 0.0784. The lowest BCUT2D eigenvalue weighted by molar-refractivity contribution is 0.477. The van der Waals surface area contributed by atoms with E-state index in [0.29, 0.717) is 27.8 Å². The quantitative estimate of drug-likeness (QED) is 0.507. The zero-order chi connectivity index (χ0) is 18.8. The number of para-hydroxylation sites is 1. The fourth-order valence-corrected chi connectivity index (χ4v) is 3.05. The number of fused-ring (bicyclic) bond motifs is 1. The third-order valence-electron chi connectivity index (χ3n) is 4.37. The normalized spacial score (nSPS) is 10.9. The Morgan fingerprint density at radius 2 is 1.70 bits per heavy atom. The van der Waals surface area contributed by atoms with E-state index >= 15 is 0 Å². The summed E-state index contributed by atoms with van der Waals surface area (Å²) < 4.78 is 19.1. The lowest BCUT2D eigenvalue weighted by Crippen LogP contribution is -2.06. The van der Waals surface area contributed by atoms with Crippen molar-refractivity contribution in [3.63, 3.8) is 0 Å². The molecule has 0 aliphatic heterocycles. The Hall–Kier alpha value is -3.60. The zero-order valence-corrected chi connectivity index (χ0v) is 14.3. The van der Waals surface area contributed by atoms with Gasteiger partial charge in [-0.05, 0) is 35.4 Å². The highest BCUT2D eigenvalue weighted by atomic mass is 19.1. The highest BCUT2D eigenvalue weighted by Gasteiger charge is 2.12. The molecule has 0 saturated carbocycles. The first-order chi connectivity index (χ1) is 13.1. The third kappa shape index (κ3) is 3.40. The van der Waals surface area contributed by atoms with Gasteiger partial charge in [0.2, 0.25) is 0 Å². The maximum Gasteiger partial charge on any atom is 0.336 e. The molecule has 1 heterocycles. The smallest absolute Gasteiger partial charge is 0.336 e. The lowest BCUT2D eigenvalue weighted by Gasteiger charge is -2.11. The van der Waals surface area contributed by atoms with E-state index in [1.54, 1.807) is 30.3 Å². The standard InChI is InChI=1S/C22H16FNO3/c23-18-8-4-5-9-19(18)24-13-15-10-22(26)27-21-12-16(20(25)11-17(15)21)14-6-2-1-3-7-14/h1-12,24-25H,13H2. The lowest BCUT2D eigenvalue weighted by atomic mass is 10.0. The molecule has 5 heteroatoms. The molecule has 1 aromatic heterocycles. The Labute approximate surface area is 154 Å². The van der Waals surface area contributed by atoms with Gasteiger partial charge in [-0.2, -0.15) is 0 Å². The van der Waals surface area contributed by atoms with E-state index in [0.717, 1.165) is 5.56 Å². The Kier molecular flexibility index (Phi) is 4.34. The number of phenols is 1. The molecule has 4 aromatic rings. The summed E-state index contributed by atoms with van der Waals surface area (Å²) in [5.74, 6) is -0.298. The molecule has 0 aliphatic carbocycles. The van der Waals surface area contributed by atoms with Crippen LogP contribution < -0.4 is 10.9 Å². The predicted molar refractivity (Wildman–Crippen MR) is 103 cm³/mol. The van der Waals surface area contributed by atoms with Crippen LogP contribution in [0, 0.1) is 5.82 Å². The minimum Gasteiger partial charge on any atom is -0.507 e. The monoisotopic (exact) mass is 361 g/mol. The molecule has 0 aliphatic rings. The molecule has 0 bridgehead atoms. The second-order valence-corrected chi connectivity index (χ2v) is 6.16. The maximum absolute atomic E-state index is 13.8. The number of rotatable bonds is 4. The van der Waals surface area contributed by atoms with Crippen LogP contribution in [0.15, 0.2) is 82.0 Å². The van der Waals surface area contributed by atoms with E-state index in [-0.39, 0.29) is 18.1 Å². The summed E-state index contributed by atoms with van der Waals surface area (Å²) in [5.41, 5.74) is 2.20. The number of anilines is 1. The van der Waals surface area contributed by atoms with Crippen LogP contribution >= 0.6 is 0 Å². The van der Waals surface area contributed by atoms with Crippen LogP contribution in [0.4, 0.5) is 10.1 Å². The number of benzene rings is 3. The van der Waals surface area contributed by atoms with Crippen molar-refractivity contribution in [3.8, 4) is 16.9 Å². The number of hydrogen-bond donors (Lipinski definition) is 2. The van der Waals surface area contributed by atoms with Gasteiger partial charge in [0, 0.05) is 23.6 Å². The van der Waals surface area contributed by atoms with Gasteiger partial charge in [-0.3, -0.25) is 0 Å². The van der Waals surface area contributed by atoms with Crippen LogP contribution in [-0.4, -0.2) is 5.11 Å². The van der Waals surface area contributed by atoms with Crippen LogP contribution in [0.3, 0.4) is 0 Å². The van der Waals surface area contributed by atoms with Gasteiger partial charge in [0.15, 0.2) is 0 Å². The fraction of sp³-hybridized carbons (Fsp3) is 0.0455. The van der Waals surface area contributed by atoms with Crippen molar-refractivity contribution in [1.29, 1.82) is 0 Å². The highest BCUT2D eigenvalue weighted by Crippen LogP contribution is 2.34. The van der Waals surface area contributed by atoms with Crippen molar-refractivity contribution >= 4 is 16.7 Å². The largest absolute Gasteiger partial charge is 0.507 e. The molecule has 134 valence electrons. The summed E-state index contributed by atoms with van der Waals surface area (Å²) in [6.45, 7) is 0.215. The van der Waals surface area contributed by atoms with Crippen molar-refractivity contribution in [2.45, 2.75) is 6.54 Å². The summed E-state index contributed by atoms with van der Waals surface area (Å²) in [6.07, 6.45) is 0. The van der Waals surface area contributed by atoms with E-state index in [9.17, 15) is 14.3 Å². The van der Waals surface area contributed by atoms with Gasteiger partial charge in [0.25, 0.3) is 0 Å².